The molecule has 2 saturated heterocycles. The lowest BCUT2D eigenvalue weighted by Gasteiger charge is -2.37. The van der Waals surface area contributed by atoms with E-state index in [1.54, 1.807) is 0 Å². The summed E-state index contributed by atoms with van der Waals surface area (Å²) in [5, 5.41) is 3.41. The Morgan fingerprint density at radius 2 is 1.81 bits per heavy atom. The van der Waals surface area contributed by atoms with Crippen LogP contribution in [-0.4, -0.2) is 61.0 Å². The number of likely N-dealkylation sites (tertiary alicyclic amines) is 1. The lowest BCUT2D eigenvalue weighted by Crippen LogP contribution is -2.49. The number of hydrogen-bond donors (Lipinski definition) is 1. The number of halogens is 1. The van der Waals surface area contributed by atoms with Gasteiger partial charge in [0.2, 0.25) is 5.91 Å². The molecule has 1 N–H and O–H groups in total. The average Bonchev–Trinajstić information content (AvgIpc) is 2.48. The number of carbonyl (C=O) groups excluding carboxylic acids is 1. The average molecular weight is 318 g/mol. The summed E-state index contributed by atoms with van der Waals surface area (Å²) >= 11 is 0. The predicted molar refractivity (Wildman–Crippen MR) is 90.0 cm³/mol. The molecule has 0 bridgehead atoms. The van der Waals surface area contributed by atoms with Crippen molar-refractivity contribution in [3.05, 3.63) is 0 Å². The summed E-state index contributed by atoms with van der Waals surface area (Å²) in [6, 6.07) is 0.601. The van der Waals surface area contributed by atoms with E-state index >= 15 is 0 Å². The Kier molecular flexibility index (Phi) is 8.60. The molecule has 0 unspecified atom stereocenters. The molecule has 0 atom stereocenters. The number of rotatable bonds is 5. The smallest absolute Gasteiger partial charge is 0.236 e. The molecule has 0 aromatic heterocycles. The molecule has 0 aliphatic carbocycles. The van der Waals surface area contributed by atoms with E-state index in [-0.39, 0.29) is 12.4 Å². The van der Waals surface area contributed by atoms with Gasteiger partial charge in [0.25, 0.3) is 0 Å². The number of nitrogens with zero attached hydrogens (tertiary/aromatic N) is 2. The molecule has 2 heterocycles. The molecule has 21 heavy (non-hydrogen) atoms. The largest absolute Gasteiger partial charge is 0.342 e. The third-order valence-corrected chi connectivity index (χ3v) is 4.81. The number of piperidine rings is 2. The quantitative estimate of drug-likeness (QED) is 0.844. The van der Waals surface area contributed by atoms with Gasteiger partial charge in [-0.2, -0.15) is 0 Å². The lowest BCUT2D eigenvalue weighted by molar-refractivity contribution is -0.134. The summed E-state index contributed by atoms with van der Waals surface area (Å²) in [6.07, 6.45) is 5.85. The molecule has 0 aromatic rings. The molecule has 1 amide bonds. The van der Waals surface area contributed by atoms with Gasteiger partial charge in [-0.15, -0.1) is 12.4 Å². The summed E-state index contributed by atoms with van der Waals surface area (Å²) in [4.78, 5) is 17.0. The second-order valence-corrected chi connectivity index (χ2v) is 6.51. The fraction of sp³-hybridized carbons (Fsp3) is 0.938. The fourth-order valence-corrected chi connectivity index (χ4v) is 3.38. The Hall–Kier alpha value is -0.320. The van der Waals surface area contributed by atoms with Crippen molar-refractivity contribution in [3.63, 3.8) is 0 Å². The fourth-order valence-electron chi connectivity index (χ4n) is 3.38. The van der Waals surface area contributed by atoms with Gasteiger partial charge in [-0.1, -0.05) is 13.8 Å². The van der Waals surface area contributed by atoms with Crippen LogP contribution in [0.1, 0.15) is 46.0 Å². The molecule has 2 rings (SSSR count). The van der Waals surface area contributed by atoms with Crippen LogP contribution in [0.4, 0.5) is 0 Å². The molecule has 2 fully saturated rings. The second-order valence-electron chi connectivity index (χ2n) is 6.51. The van der Waals surface area contributed by atoms with Crippen LogP contribution in [0.15, 0.2) is 0 Å². The Morgan fingerprint density at radius 1 is 1.19 bits per heavy atom. The highest BCUT2D eigenvalue weighted by Gasteiger charge is 2.26. The van der Waals surface area contributed by atoms with Gasteiger partial charge < -0.3 is 10.2 Å². The predicted octanol–water partition coefficient (Wildman–Crippen LogP) is 2.13. The number of hydrogen-bond acceptors (Lipinski definition) is 3. The van der Waals surface area contributed by atoms with Crippen LogP contribution in [0.25, 0.3) is 0 Å². The van der Waals surface area contributed by atoms with E-state index in [0.29, 0.717) is 18.5 Å². The normalized spacial score (nSPS) is 21.4. The first-order valence-electron chi connectivity index (χ1n) is 8.43. The topological polar surface area (TPSA) is 35.6 Å². The van der Waals surface area contributed by atoms with Crippen molar-refractivity contribution in [1.29, 1.82) is 0 Å². The maximum absolute atomic E-state index is 12.5. The van der Waals surface area contributed by atoms with Crippen molar-refractivity contribution in [2.75, 3.05) is 39.3 Å². The molecule has 0 radical (unpaired) electrons. The van der Waals surface area contributed by atoms with Gasteiger partial charge in [0, 0.05) is 19.1 Å². The maximum atomic E-state index is 12.5. The Labute approximate surface area is 136 Å². The highest BCUT2D eigenvalue weighted by molar-refractivity contribution is 5.85. The van der Waals surface area contributed by atoms with E-state index in [4.69, 9.17) is 0 Å². The standard InChI is InChI=1S/C16H31N3O.ClH/c1-3-10-19(15-4-8-17-9-5-15)13-16(20)18-11-6-14(2)7-12-18;/h14-15,17H,3-13H2,1-2H3;1H. The highest BCUT2D eigenvalue weighted by atomic mass is 35.5. The van der Waals surface area contributed by atoms with Crippen LogP contribution >= 0.6 is 12.4 Å². The minimum Gasteiger partial charge on any atom is -0.342 e. The van der Waals surface area contributed by atoms with Crippen molar-refractivity contribution in [1.82, 2.24) is 15.1 Å². The van der Waals surface area contributed by atoms with Crippen LogP contribution in [0.2, 0.25) is 0 Å². The molecule has 0 aromatic carbocycles. The molecule has 2 aliphatic rings. The van der Waals surface area contributed by atoms with Crippen molar-refractivity contribution in [3.8, 4) is 0 Å². The van der Waals surface area contributed by atoms with E-state index in [1.165, 1.54) is 25.7 Å². The summed E-state index contributed by atoms with van der Waals surface area (Å²) in [5.41, 5.74) is 0. The molecule has 124 valence electrons. The first kappa shape index (κ1) is 18.7. The van der Waals surface area contributed by atoms with Gasteiger partial charge in [0.15, 0.2) is 0 Å². The molecule has 0 saturated carbocycles. The first-order valence-corrected chi connectivity index (χ1v) is 8.43. The summed E-state index contributed by atoms with van der Waals surface area (Å²) in [6.45, 7) is 10.3. The Bertz CT molecular complexity index is 300. The SMILES string of the molecule is CCCN(CC(=O)N1CCC(C)CC1)C1CCNCC1.Cl. The van der Waals surface area contributed by atoms with Gasteiger partial charge in [0.1, 0.15) is 0 Å². The van der Waals surface area contributed by atoms with E-state index in [0.717, 1.165) is 45.1 Å². The zero-order chi connectivity index (χ0) is 14.4. The molecule has 0 spiro atoms. The van der Waals surface area contributed by atoms with Crippen LogP contribution in [0, 0.1) is 5.92 Å². The summed E-state index contributed by atoms with van der Waals surface area (Å²) in [5.74, 6) is 1.14. The van der Waals surface area contributed by atoms with Crippen LogP contribution < -0.4 is 5.32 Å². The zero-order valence-corrected chi connectivity index (χ0v) is 14.5. The monoisotopic (exact) mass is 317 g/mol. The molecular weight excluding hydrogens is 286 g/mol. The number of nitrogens with one attached hydrogen (secondary N) is 1. The van der Waals surface area contributed by atoms with Crippen LogP contribution in [0.3, 0.4) is 0 Å². The zero-order valence-electron chi connectivity index (χ0n) is 13.6. The van der Waals surface area contributed by atoms with Crippen molar-refractivity contribution in [2.24, 2.45) is 5.92 Å². The Morgan fingerprint density at radius 3 is 2.38 bits per heavy atom. The molecule has 4 nitrogen and oxygen atoms in total. The van der Waals surface area contributed by atoms with Crippen LogP contribution in [0.5, 0.6) is 0 Å². The van der Waals surface area contributed by atoms with E-state index in [1.807, 2.05) is 0 Å². The lowest BCUT2D eigenvalue weighted by atomic mass is 9.99. The van der Waals surface area contributed by atoms with E-state index in [9.17, 15) is 4.79 Å². The third-order valence-electron chi connectivity index (χ3n) is 4.81. The molecular formula is C16H32ClN3O. The molecule has 5 heteroatoms. The van der Waals surface area contributed by atoms with Crippen LogP contribution in [-0.2, 0) is 4.79 Å². The number of amides is 1. The van der Waals surface area contributed by atoms with Crippen molar-refractivity contribution in [2.45, 2.75) is 52.0 Å². The summed E-state index contributed by atoms with van der Waals surface area (Å²) in [7, 11) is 0. The van der Waals surface area contributed by atoms with E-state index in [2.05, 4.69) is 29.0 Å². The minimum atomic E-state index is 0. The molecule has 2 aliphatic heterocycles. The van der Waals surface area contributed by atoms with E-state index < -0.39 is 0 Å². The van der Waals surface area contributed by atoms with Gasteiger partial charge in [-0.25, -0.2) is 0 Å². The second kappa shape index (κ2) is 9.65. The van der Waals surface area contributed by atoms with Gasteiger partial charge in [0.05, 0.1) is 6.54 Å². The van der Waals surface area contributed by atoms with Gasteiger partial charge in [-0.05, 0) is 57.7 Å². The summed E-state index contributed by atoms with van der Waals surface area (Å²) < 4.78 is 0. The number of carbonyl (C=O) groups is 1. The minimum absolute atomic E-state index is 0. The Balaban J connectivity index is 0.00000220. The van der Waals surface area contributed by atoms with Crippen molar-refractivity contribution < 1.29 is 4.79 Å². The third kappa shape index (κ3) is 5.76. The maximum Gasteiger partial charge on any atom is 0.236 e. The van der Waals surface area contributed by atoms with Gasteiger partial charge >= 0.3 is 0 Å². The highest BCUT2D eigenvalue weighted by Crippen LogP contribution is 2.17. The van der Waals surface area contributed by atoms with Crippen molar-refractivity contribution >= 4 is 18.3 Å². The van der Waals surface area contributed by atoms with Gasteiger partial charge in [-0.3, -0.25) is 9.69 Å². The first-order chi connectivity index (χ1) is 9.70.